The average molecular weight is 440 g/mol. The second kappa shape index (κ2) is 10.5. The molecule has 7 nitrogen and oxygen atoms in total. The number of fused-ring (bicyclic) bond motifs is 1. The van der Waals surface area contributed by atoms with Crippen LogP contribution in [0.25, 0.3) is 10.9 Å². The smallest absolute Gasteiger partial charge is 0.253 e. The van der Waals surface area contributed by atoms with Crippen LogP contribution in [0.2, 0.25) is 0 Å². The lowest BCUT2D eigenvalue weighted by Gasteiger charge is -2.32. The van der Waals surface area contributed by atoms with Gasteiger partial charge in [-0.1, -0.05) is 12.1 Å². The van der Waals surface area contributed by atoms with Gasteiger partial charge in [0.25, 0.3) is 5.91 Å². The predicted molar refractivity (Wildman–Crippen MR) is 127 cm³/mol. The molecule has 172 valence electrons. The number of H-pyrrole nitrogens is 1. The van der Waals surface area contributed by atoms with Crippen LogP contribution in [0.4, 0.5) is 0 Å². The summed E-state index contributed by atoms with van der Waals surface area (Å²) in [6.07, 6.45) is 4.11. The van der Waals surface area contributed by atoms with Gasteiger partial charge in [-0.25, -0.2) is 0 Å². The van der Waals surface area contributed by atoms with Gasteiger partial charge in [-0.05, 0) is 75.0 Å². The topological polar surface area (TPSA) is 109 Å². The Morgan fingerprint density at radius 3 is 2.59 bits per heavy atom. The fourth-order valence-corrected chi connectivity index (χ4v) is 4.46. The number of benzene rings is 2. The molecule has 0 unspecified atom stereocenters. The lowest BCUT2D eigenvalue weighted by molar-refractivity contribution is 0.0912. The van der Waals surface area contributed by atoms with E-state index in [0.717, 1.165) is 67.7 Å². The van der Waals surface area contributed by atoms with Gasteiger partial charge >= 0.3 is 0 Å². The number of hydrogen-bond donors (Lipinski definition) is 3. The number of carbonyl (C=O) groups is 1. The number of phenols is 1. The van der Waals surface area contributed by atoms with Crippen LogP contribution in [0.3, 0.4) is 0 Å². The SMILES string of the molecule is COc1ccc(CCCN2CCC(NC(=O)c3c(C)[nH]c4ccc(O)cc34)CC2)cc1.O. The van der Waals surface area contributed by atoms with Gasteiger partial charge in [-0.15, -0.1) is 0 Å². The highest BCUT2D eigenvalue weighted by molar-refractivity contribution is 6.08. The fraction of sp³-hybridized carbons (Fsp3) is 0.400. The largest absolute Gasteiger partial charge is 0.508 e. The highest BCUT2D eigenvalue weighted by atomic mass is 16.5. The molecule has 0 saturated carbocycles. The number of amides is 1. The van der Waals surface area contributed by atoms with E-state index in [1.54, 1.807) is 25.3 Å². The lowest BCUT2D eigenvalue weighted by atomic mass is 10.0. The van der Waals surface area contributed by atoms with Crippen LogP contribution in [0.5, 0.6) is 11.5 Å². The van der Waals surface area contributed by atoms with E-state index in [-0.39, 0.29) is 23.2 Å². The third kappa shape index (κ3) is 5.41. The van der Waals surface area contributed by atoms with Crippen molar-refractivity contribution in [2.24, 2.45) is 0 Å². The van der Waals surface area contributed by atoms with Gasteiger partial charge in [-0.2, -0.15) is 0 Å². The quantitative estimate of drug-likeness (QED) is 0.525. The number of piperidine rings is 1. The summed E-state index contributed by atoms with van der Waals surface area (Å²) in [4.78, 5) is 18.7. The molecule has 1 fully saturated rings. The molecule has 1 aromatic heterocycles. The molecule has 0 spiro atoms. The van der Waals surface area contributed by atoms with E-state index in [4.69, 9.17) is 4.74 Å². The Bertz CT molecular complexity index is 1040. The van der Waals surface area contributed by atoms with E-state index in [9.17, 15) is 9.90 Å². The number of rotatable bonds is 7. The van der Waals surface area contributed by atoms with Crippen molar-refractivity contribution < 1.29 is 20.1 Å². The third-order valence-electron chi connectivity index (χ3n) is 6.22. The van der Waals surface area contributed by atoms with Gasteiger partial charge in [0.15, 0.2) is 0 Å². The average Bonchev–Trinajstić information content (AvgIpc) is 3.10. The fourth-order valence-electron chi connectivity index (χ4n) is 4.46. The number of likely N-dealkylation sites (tertiary alicyclic amines) is 1. The van der Waals surface area contributed by atoms with E-state index in [1.165, 1.54) is 5.56 Å². The minimum absolute atomic E-state index is 0. The molecule has 1 amide bonds. The Morgan fingerprint density at radius 2 is 1.91 bits per heavy atom. The van der Waals surface area contributed by atoms with Crippen molar-refractivity contribution in [1.82, 2.24) is 15.2 Å². The zero-order valence-corrected chi connectivity index (χ0v) is 18.8. The van der Waals surface area contributed by atoms with Crippen LogP contribution in [-0.4, -0.2) is 59.2 Å². The number of aromatic hydroxyl groups is 1. The number of methoxy groups -OCH3 is 1. The molecule has 1 aliphatic rings. The van der Waals surface area contributed by atoms with Gasteiger partial charge in [0.05, 0.1) is 12.7 Å². The maximum atomic E-state index is 12.9. The van der Waals surface area contributed by atoms with Crippen LogP contribution in [0.15, 0.2) is 42.5 Å². The Morgan fingerprint density at radius 1 is 1.19 bits per heavy atom. The number of ether oxygens (including phenoxy) is 1. The van der Waals surface area contributed by atoms with Gasteiger partial charge < -0.3 is 30.5 Å². The first kappa shape index (κ1) is 23.6. The Hall–Kier alpha value is -3.03. The molecule has 0 atom stereocenters. The van der Waals surface area contributed by atoms with Crippen LogP contribution in [-0.2, 0) is 6.42 Å². The maximum Gasteiger partial charge on any atom is 0.253 e. The Labute approximate surface area is 188 Å². The summed E-state index contributed by atoms with van der Waals surface area (Å²) in [7, 11) is 1.69. The summed E-state index contributed by atoms with van der Waals surface area (Å²) in [6, 6.07) is 13.6. The molecule has 7 heteroatoms. The second-order valence-electron chi connectivity index (χ2n) is 8.40. The van der Waals surface area contributed by atoms with E-state index in [0.29, 0.717) is 5.56 Å². The molecular formula is C25H33N3O4. The number of carbonyl (C=O) groups excluding carboxylic acids is 1. The number of aryl methyl sites for hydroxylation is 2. The zero-order chi connectivity index (χ0) is 21.8. The summed E-state index contributed by atoms with van der Waals surface area (Å²) < 4.78 is 5.21. The van der Waals surface area contributed by atoms with Crippen molar-refractivity contribution in [2.75, 3.05) is 26.7 Å². The number of nitrogens with one attached hydrogen (secondary N) is 2. The molecule has 0 aliphatic carbocycles. The first-order valence-corrected chi connectivity index (χ1v) is 11.0. The lowest BCUT2D eigenvalue weighted by Crippen LogP contribution is -2.45. The van der Waals surface area contributed by atoms with Gasteiger partial charge in [-0.3, -0.25) is 4.79 Å². The second-order valence-corrected chi connectivity index (χ2v) is 8.40. The molecule has 32 heavy (non-hydrogen) atoms. The number of phenolic OH excluding ortho intramolecular Hbond substituents is 1. The van der Waals surface area contributed by atoms with Gasteiger partial charge in [0.1, 0.15) is 11.5 Å². The predicted octanol–water partition coefficient (Wildman–Crippen LogP) is 3.19. The number of aromatic nitrogens is 1. The highest BCUT2D eigenvalue weighted by Crippen LogP contribution is 2.26. The normalized spacial score (nSPS) is 14.8. The van der Waals surface area contributed by atoms with Crippen LogP contribution < -0.4 is 10.1 Å². The maximum absolute atomic E-state index is 12.9. The zero-order valence-electron chi connectivity index (χ0n) is 18.8. The molecule has 0 radical (unpaired) electrons. The van der Waals surface area contributed by atoms with Crippen LogP contribution in [0, 0.1) is 6.92 Å². The van der Waals surface area contributed by atoms with Crippen molar-refractivity contribution >= 4 is 16.8 Å². The summed E-state index contributed by atoms with van der Waals surface area (Å²) in [6.45, 7) is 4.98. The highest BCUT2D eigenvalue weighted by Gasteiger charge is 2.23. The van der Waals surface area contributed by atoms with Gasteiger partial charge in [0, 0.05) is 35.7 Å². The van der Waals surface area contributed by atoms with Crippen molar-refractivity contribution in [1.29, 1.82) is 0 Å². The van der Waals surface area contributed by atoms with Crippen LogP contribution in [0.1, 0.15) is 40.9 Å². The number of hydrogen-bond acceptors (Lipinski definition) is 4. The van der Waals surface area contributed by atoms with Crippen molar-refractivity contribution in [3.63, 3.8) is 0 Å². The standard InChI is InChI=1S/C25H31N3O3.H2O/c1-17-24(22-16-20(29)7-10-23(22)26-17)25(30)27-19-11-14-28(15-12-19)13-3-4-18-5-8-21(31-2)9-6-18;/h5-10,16,19,26,29H,3-4,11-15H2,1-2H3,(H,27,30);1H2. The molecule has 4 rings (SSSR count). The molecule has 1 saturated heterocycles. The van der Waals surface area contributed by atoms with Crippen molar-refractivity contribution in [2.45, 2.75) is 38.6 Å². The first-order valence-electron chi connectivity index (χ1n) is 11.0. The summed E-state index contributed by atoms with van der Waals surface area (Å²) in [5.41, 5.74) is 3.66. The molecule has 2 aromatic carbocycles. The summed E-state index contributed by atoms with van der Waals surface area (Å²) >= 11 is 0. The number of nitrogens with zero attached hydrogens (tertiary/aromatic N) is 1. The summed E-state index contributed by atoms with van der Waals surface area (Å²) in [5, 5.41) is 13.8. The molecule has 2 heterocycles. The minimum atomic E-state index is -0.0627. The number of aromatic amines is 1. The minimum Gasteiger partial charge on any atom is -0.508 e. The molecule has 1 aliphatic heterocycles. The van der Waals surface area contributed by atoms with E-state index in [2.05, 4.69) is 27.3 Å². The first-order chi connectivity index (χ1) is 15.0. The van der Waals surface area contributed by atoms with E-state index >= 15 is 0 Å². The molecule has 5 N–H and O–H groups in total. The Balaban J connectivity index is 0.00000289. The monoisotopic (exact) mass is 439 g/mol. The van der Waals surface area contributed by atoms with Crippen molar-refractivity contribution in [3.8, 4) is 11.5 Å². The third-order valence-corrected chi connectivity index (χ3v) is 6.22. The molecule has 0 bridgehead atoms. The Kier molecular flexibility index (Phi) is 7.77. The van der Waals surface area contributed by atoms with E-state index in [1.807, 2.05) is 19.1 Å². The molecule has 3 aromatic rings. The summed E-state index contributed by atoms with van der Waals surface area (Å²) in [5.74, 6) is 1.00. The molecular weight excluding hydrogens is 406 g/mol. The van der Waals surface area contributed by atoms with Crippen molar-refractivity contribution in [3.05, 3.63) is 59.3 Å². The van der Waals surface area contributed by atoms with E-state index < -0.39 is 0 Å². The van der Waals surface area contributed by atoms with Gasteiger partial charge in [0.2, 0.25) is 0 Å². The van der Waals surface area contributed by atoms with Crippen LogP contribution >= 0.6 is 0 Å².